The zero-order valence-corrected chi connectivity index (χ0v) is 18.6. The number of nitrogens with one attached hydrogen (secondary N) is 2. The van der Waals surface area contributed by atoms with Crippen LogP contribution < -0.4 is 15.5 Å². The van der Waals surface area contributed by atoms with Crippen LogP contribution in [-0.2, 0) is 6.54 Å². The van der Waals surface area contributed by atoms with Crippen molar-refractivity contribution in [2.45, 2.75) is 51.2 Å². The standard InChI is InChI=1S/C25H28N4O4/c1-15-2-3-17(23(30)27-19-5-6-19)13-21(15)16-4-7-22-18(12-16)14-26-24(31)29(22)20-8-10-28(11-9-20)25(32)33/h2-4,7,12-13,19-20H,5-6,8-11,14H2,1H3,(H,26,31)(H,27,30)(H,32,33). The van der Waals surface area contributed by atoms with Crippen LogP contribution in [0, 0.1) is 6.92 Å². The summed E-state index contributed by atoms with van der Waals surface area (Å²) in [4.78, 5) is 39.7. The van der Waals surface area contributed by atoms with Crippen LogP contribution in [0.25, 0.3) is 11.1 Å². The fraction of sp³-hybridized carbons (Fsp3) is 0.400. The summed E-state index contributed by atoms with van der Waals surface area (Å²) in [6, 6.07) is 12.0. The maximum atomic E-state index is 12.7. The lowest BCUT2D eigenvalue weighted by Gasteiger charge is -2.40. The molecular weight excluding hydrogens is 420 g/mol. The molecule has 1 aliphatic carbocycles. The van der Waals surface area contributed by atoms with Gasteiger partial charge in [0.1, 0.15) is 0 Å². The monoisotopic (exact) mass is 448 g/mol. The number of fused-ring (bicyclic) bond motifs is 1. The molecule has 2 heterocycles. The van der Waals surface area contributed by atoms with Gasteiger partial charge < -0.3 is 20.6 Å². The number of aryl methyl sites for hydroxylation is 1. The lowest BCUT2D eigenvalue weighted by molar-refractivity contribution is 0.0951. The quantitative estimate of drug-likeness (QED) is 0.663. The van der Waals surface area contributed by atoms with Crippen LogP contribution in [0.4, 0.5) is 15.3 Å². The average molecular weight is 449 g/mol. The van der Waals surface area contributed by atoms with Gasteiger partial charge in [0, 0.05) is 37.3 Å². The van der Waals surface area contributed by atoms with Gasteiger partial charge >= 0.3 is 12.1 Å². The number of hydrogen-bond donors (Lipinski definition) is 3. The Hall–Kier alpha value is -3.55. The number of amides is 4. The van der Waals surface area contributed by atoms with E-state index in [0.717, 1.165) is 40.8 Å². The number of likely N-dealkylation sites (tertiary alicyclic amines) is 1. The number of rotatable bonds is 4. The predicted molar refractivity (Wildman–Crippen MR) is 124 cm³/mol. The number of nitrogens with zero attached hydrogens (tertiary/aromatic N) is 2. The van der Waals surface area contributed by atoms with Gasteiger partial charge in [-0.15, -0.1) is 0 Å². The zero-order chi connectivity index (χ0) is 23.1. The number of anilines is 1. The second kappa shape index (κ2) is 8.42. The molecule has 2 aromatic rings. The van der Waals surface area contributed by atoms with Crippen LogP contribution in [0.1, 0.15) is 47.2 Å². The van der Waals surface area contributed by atoms with Gasteiger partial charge in [0.05, 0.1) is 5.69 Å². The number of carboxylic acid groups (broad SMARTS) is 1. The van der Waals surface area contributed by atoms with Crippen LogP contribution in [0.15, 0.2) is 36.4 Å². The Balaban J connectivity index is 1.41. The molecule has 3 aliphatic rings. The Morgan fingerprint density at radius 3 is 2.52 bits per heavy atom. The molecule has 33 heavy (non-hydrogen) atoms. The Morgan fingerprint density at radius 2 is 1.82 bits per heavy atom. The molecular formula is C25H28N4O4. The van der Waals surface area contributed by atoms with E-state index < -0.39 is 6.09 Å². The van der Waals surface area contributed by atoms with Crippen molar-refractivity contribution in [1.82, 2.24) is 15.5 Å². The summed E-state index contributed by atoms with van der Waals surface area (Å²) in [5.74, 6) is -0.0390. The van der Waals surface area contributed by atoms with Gasteiger partial charge in [-0.1, -0.05) is 12.1 Å². The van der Waals surface area contributed by atoms with Crippen LogP contribution in [0.2, 0.25) is 0 Å². The largest absolute Gasteiger partial charge is 0.465 e. The van der Waals surface area contributed by atoms with E-state index in [2.05, 4.69) is 16.7 Å². The fourth-order valence-electron chi connectivity index (χ4n) is 4.74. The van der Waals surface area contributed by atoms with Gasteiger partial charge in [0.2, 0.25) is 0 Å². The highest BCUT2D eigenvalue weighted by Crippen LogP contribution is 2.34. The highest BCUT2D eigenvalue weighted by atomic mass is 16.4. The van der Waals surface area contributed by atoms with Crippen molar-refractivity contribution in [3.63, 3.8) is 0 Å². The second-order valence-electron chi connectivity index (χ2n) is 9.15. The third-order valence-electron chi connectivity index (χ3n) is 6.81. The molecule has 5 rings (SSSR count). The van der Waals surface area contributed by atoms with E-state index in [9.17, 15) is 19.5 Å². The molecule has 2 aliphatic heterocycles. The summed E-state index contributed by atoms with van der Waals surface area (Å²) in [5.41, 5.74) is 5.62. The number of benzene rings is 2. The maximum Gasteiger partial charge on any atom is 0.407 e. The van der Waals surface area contributed by atoms with Gasteiger partial charge in [-0.05, 0) is 79.1 Å². The zero-order valence-electron chi connectivity index (χ0n) is 18.6. The molecule has 0 radical (unpaired) electrons. The Morgan fingerprint density at radius 1 is 1.06 bits per heavy atom. The van der Waals surface area contributed by atoms with E-state index in [1.54, 1.807) is 4.90 Å². The maximum absolute atomic E-state index is 12.7. The van der Waals surface area contributed by atoms with Crippen molar-refractivity contribution >= 4 is 23.7 Å². The molecule has 0 spiro atoms. The molecule has 0 atom stereocenters. The molecule has 0 bridgehead atoms. The lowest BCUT2D eigenvalue weighted by Crippen LogP contribution is -2.53. The highest BCUT2D eigenvalue weighted by molar-refractivity contribution is 5.97. The number of piperidine rings is 1. The number of carbonyl (C=O) groups excluding carboxylic acids is 2. The minimum atomic E-state index is -0.912. The van der Waals surface area contributed by atoms with E-state index in [4.69, 9.17) is 0 Å². The van der Waals surface area contributed by atoms with E-state index in [1.165, 1.54) is 4.90 Å². The first-order valence-corrected chi connectivity index (χ1v) is 11.5. The van der Waals surface area contributed by atoms with Crippen LogP contribution in [0.5, 0.6) is 0 Å². The van der Waals surface area contributed by atoms with Gasteiger partial charge in [-0.3, -0.25) is 9.69 Å². The first-order valence-electron chi connectivity index (χ1n) is 11.5. The fourth-order valence-corrected chi connectivity index (χ4v) is 4.74. The smallest absolute Gasteiger partial charge is 0.407 e. The van der Waals surface area contributed by atoms with Crippen molar-refractivity contribution in [2.75, 3.05) is 18.0 Å². The van der Waals surface area contributed by atoms with E-state index in [1.807, 2.05) is 37.3 Å². The minimum Gasteiger partial charge on any atom is -0.465 e. The molecule has 1 saturated carbocycles. The first kappa shape index (κ1) is 21.3. The second-order valence-corrected chi connectivity index (χ2v) is 9.15. The molecule has 4 amide bonds. The SMILES string of the molecule is Cc1ccc(C(=O)NC2CC2)cc1-c1ccc2c(c1)CNC(=O)N2C1CCN(C(=O)O)CC1. The van der Waals surface area contributed by atoms with Gasteiger partial charge in [0.25, 0.3) is 5.91 Å². The van der Waals surface area contributed by atoms with Crippen molar-refractivity contribution in [3.05, 3.63) is 53.1 Å². The molecule has 172 valence electrons. The topological polar surface area (TPSA) is 102 Å². The third kappa shape index (κ3) is 4.25. The normalized spacial score (nSPS) is 18.5. The average Bonchev–Trinajstić information content (AvgIpc) is 3.63. The van der Waals surface area contributed by atoms with Crippen LogP contribution >= 0.6 is 0 Å². The van der Waals surface area contributed by atoms with E-state index in [-0.39, 0.29) is 18.0 Å². The van der Waals surface area contributed by atoms with Crippen LogP contribution in [0.3, 0.4) is 0 Å². The minimum absolute atomic E-state index is 0.0390. The van der Waals surface area contributed by atoms with Crippen molar-refractivity contribution < 1.29 is 19.5 Å². The highest BCUT2D eigenvalue weighted by Gasteiger charge is 2.34. The number of hydrogen-bond acceptors (Lipinski definition) is 3. The molecule has 8 heteroatoms. The molecule has 0 unspecified atom stereocenters. The summed E-state index contributed by atoms with van der Waals surface area (Å²) in [7, 11) is 0. The predicted octanol–water partition coefficient (Wildman–Crippen LogP) is 3.73. The Bertz CT molecular complexity index is 1120. The number of carbonyl (C=O) groups is 3. The van der Waals surface area contributed by atoms with Gasteiger partial charge in [-0.2, -0.15) is 0 Å². The Labute approximate surface area is 192 Å². The summed E-state index contributed by atoms with van der Waals surface area (Å²) in [6.07, 6.45) is 2.40. The summed E-state index contributed by atoms with van der Waals surface area (Å²) in [5, 5.41) is 15.2. The summed E-state index contributed by atoms with van der Waals surface area (Å²) < 4.78 is 0. The molecule has 2 aromatic carbocycles. The molecule has 3 N–H and O–H groups in total. The Kier molecular flexibility index (Phi) is 5.44. The first-order chi connectivity index (χ1) is 15.9. The van der Waals surface area contributed by atoms with Crippen LogP contribution in [-0.4, -0.2) is 53.2 Å². The van der Waals surface area contributed by atoms with Crippen molar-refractivity contribution in [1.29, 1.82) is 0 Å². The molecule has 8 nitrogen and oxygen atoms in total. The van der Waals surface area contributed by atoms with Crippen molar-refractivity contribution in [2.24, 2.45) is 0 Å². The number of urea groups is 1. The van der Waals surface area contributed by atoms with Crippen molar-refractivity contribution in [3.8, 4) is 11.1 Å². The summed E-state index contributed by atoms with van der Waals surface area (Å²) in [6.45, 7) is 3.31. The molecule has 2 fully saturated rings. The molecule has 1 saturated heterocycles. The molecule has 0 aromatic heterocycles. The van der Waals surface area contributed by atoms with Gasteiger partial charge in [0.15, 0.2) is 0 Å². The van der Waals surface area contributed by atoms with E-state index >= 15 is 0 Å². The lowest BCUT2D eigenvalue weighted by atomic mass is 9.94. The summed E-state index contributed by atoms with van der Waals surface area (Å²) >= 11 is 0. The van der Waals surface area contributed by atoms with E-state index in [0.29, 0.717) is 44.1 Å². The van der Waals surface area contributed by atoms with Gasteiger partial charge in [-0.25, -0.2) is 9.59 Å². The third-order valence-corrected chi connectivity index (χ3v) is 6.81.